The zero-order chi connectivity index (χ0) is 27.2. The van der Waals surface area contributed by atoms with Crippen LogP contribution in [0.2, 0.25) is 0 Å². The van der Waals surface area contributed by atoms with Crippen molar-refractivity contribution in [2.24, 2.45) is 11.7 Å². The third kappa shape index (κ3) is 5.61. The maximum Gasteiger partial charge on any atom is 0.324 e. The lowest BCUT2D eigenvalue weighted by Gasteiger charge is -2.17. The number of esters is 1. The van der Waals surface area contributed by atoms with Gasteiger partial charge in [-0.15, -0.1) is 0 Å². The second-order valence-corrected chi connectivity index (χ2v) is 8.93. The lowest BCUT2D eigenvalue weighted by Crippen LogP contribution is -2.38. The van der Waals surface area contributed by atoms with Crippen molar-refractivity contribution in [3.8, 4) is 28.3 Å². The summed E-state index contributed by atoms with van der Waals surface area (Å²) in [6, 6.07) is 14.2. The smallest absolute Gasteiger partial charge is 0.324 e. The van der Waals surface area contributed by atoms with Crippen LogP contribution < -0.4 is 11.1 Å². The van der Waals surface area contributed by atoms with E-state index in [1.807, 2.05) is 50.4 Å². The number of aromatic nitrogens is 3. The van der Waals surface area contributed by atoms with Crippen LogP contribution >= 0.6 is 0 Å². The van der Waals surface area contributed by atoms with Crippen LogP contribution in [0.25, 0.3) is 33.3 Å². The normalized spacial score (nSPS) is 12.4. The van der Waals surface area contributed by atoms with Gasteiger partial charge in [0, 0.05) is 40.8 Å². The van der Waals surface area contributed by atoms with Gasteiger partial charge in [-0.3, -0.25) is 14.2 Å². The first-order chi connectivity index (χ1) is 18.3. The number of nitriles is 1. The molecule has 38 heavy (non-hydrogen) atoms. The number of carbonyl (C=O) groups excluding carboxylic acids is 2. The Hall–Kier alpha value is -4.81. The number of ether oxygens (including phenoxy) is 1. The molecule has 0 fully saturated rings. The number of nitrogens with two attached hydrogens (primary N) is 1. The van der Waals surface area contributed by atoms with Crippen molar-refractivity contribution < 1.29 is 14.3 Å². The highest BCUT2D eigenvalue weighted by Gasteiger charge is 2.22. The molecular formula is C29H28N6O3. The van der Waals surface area contributed by atoms with Crippen molar-refractivity contribution in [3.05, 3.63) is 79.4 Å². The van der Waals surface area contributed by atoms with Gasteiger partial charge in [0.1, 0.15) is 23.5 Å². The number of fused-ring (bicyclic) bond motifs is 1. The molecule has 4 aromatic rings. The average Bonchev–Trinajstić information content (AvgIpc) is 3.32. The molecule has 0 saturated carbocycles. The molecule has 0 aliphatic heterocycles. The van der Waals surface area contributed by atoms with Crippen LogP contribution in [0.3, 0.4) is 0 Å². The fraction of sp³-hybridized carbons (Fsp3) is 0.207. The monoisotopic (exact) mass is 508 g/mol. The van der Waals surface area contributed by atoms with Crippen LogP contribution in [0.1, 0.15) is 26.0 Å². The number of anilines is 1. The summed E-state index contributed by atoms with van der Waals surface area (Å²) in [7, 11) is 0. The number of benzene rings is 1. The zero-order valence-corrected chi connectivity index (χ0v) is 21.2. The molecule has 4 rings (SSSR count). The minimum atomic E-state index is -0.715. The lowest BCUT2D eigenvalue weighted by atomic mass is 10.0. The molecule has 9 nitrogen and oxygen atoms in total. The molecule has 1 amide bonds. The molecule has 0 bridgehead atoms. The third-order valence-corrected chi connectivity index (χ3v) is 6.42. The van der Waals surface area contributed by atoms with Gasteiger partial charge in [0.25, 0.3) is 0 Å². The van der Waals surface area contributed by atoms with E-state index in [1.165, 1.54) is 6.08 Å². The van der Waals surface area contributed by atoms with Crippen LogP contribution in [0.4, 0.5) is 5.69 Å². The predicted octanol–water partition coefficient (Wildman–Crippen LogP) is 4.64. The first-order valence-corrected chi connectivity index (χ1v) is 12.2. The van der Waals surface area contributed by atoms with Crippen LogP contribution in [0.15, 0.2) is 73.7 Å². The molecule has 9 heteroatoms. The quantitative estimate of drug-likeness (QED) is 0.248. The Labute approximate surface area is 220 Å². The van der Waals surface area contributed by atoms with Crippen molar-refractivity contribution >= 4 is 28.6 Å². The lowest BCUT2D eigenvalue weighted by molar-refractivity contribution is -0.150. The van der Waals surface area contributed by atoms with E-state index in [2.05, 4.69) is 27.9 Å². The van der Waals surface area contributed by atoms with Crippen molar-refractivity contribution in [2.45, 2.75) is 33.0 Å². The van der Waals surface area contributed by atoms with Crippen LogP contribution in [0.5, 0.6) is 0 Å². The summed E-state index contributed by atoms with van der Waals surface area (Å²) in [6.07, 6.45) is 7.10. The van der Waals surface area contributed by atoms with E-state index in [9.17, 15) is 14.9 Å². The highest BCUT2D eigenvalue weighted by molar-refractivity contribution is 6.00. The minimum absolute atomic E-state index is 0.00611. The maximum atomic E-state index is 12.5. The number of amides is 1. The number of pyridine rings is 2. The Bertz CT molecular complexity index is 1550. The van der Waals surface area contributed by atoms with Gasteiger partial charge in [0.15, 0.2) is 6.73 Å². The summed E-state index contributed by atoms with van der Waals surface area (Å²) in [5.74, 6) is -0.787. The van der Waals surface area contributed by atoms with E-state index in [-0.39, 0.29) is 24.2 Å². The molecule has 0 unspecified atom stereocenters. The largest absolute Gasteiger partial charge is 0.443 e. The molecule has 0 radical (unpaired) electrons. The van der Waals surface area contributed by atoms with Gasteiger partial charge in [-0.05, 0) is 53.5 Å². The van der Waals surface area contributed by atoms with Crippen molar-refractivity contribution in [1.82, 2.24) is 14.5 Å². The molecule has 0 saturated heterocycles. The van der Waals surface area contributed by atoms with Crippen molar-refractivity contribution in [2.75, 3.05) is 5.32 Å². The molecule has 0 aliphatic rings. The Morgan fingerprint density at radius 3 is 2.76 bits per heavy atom. The van der Waals surface area contributed by atoms with Gasteiger partial charge >= 0.3 is 5.97 Å². The second-order valence-electron chi connectivity index (χ2n) is 8.93. The highest BCUT2D eigenvalue weighted by Crippen LogP contribution is 2.33. The SMILES string of the molecule is C=CC(=O)Nc1cccc(-c2cnc3c(c2)c(-c2ccnc(C#N)c2)cn3COC(=O)[C@@H](N)[C@@H](C)CC)c1. The molecule has 0 aliphatic carbocycles. The van der Waals surface area contributed by atoms with E-state index in [0.717, 1.165) is 34.1 Å². The van der Waals surface area contributed by atoms with Crippen molar-refractivity contribution in [3.63, 3.8) is 0 Å². The Balaban J connectivity index is 1.76. The average molecular weight is 509 g/mol. The number of rotatable bonds is 9. The highest BCUT2D eigenvalue weighted by atomic mass is 16.5. The Morgan fingerprint density at radius 2 is 2.03 bits per heavy atom. The molecule has 2 atom stereocenters. The molecule has 1 aromatic carbocycles. The molecule has 192 valence electrons. The molecule has 0 spiro atoms. The summed E-state index contributed by atoms with van der Waals surface area (Å²) in [6.45, 7) is 7.30. The van der Waals surface area contributed by atoms with Gasteiger partial charge in [-0.1, -0.05) is 39.0 Å². The summed E-state index contributed by atoms with van der Waals surface area (Å²) < 4.78 is 7.28. The number of carbonyl (C=O) groups is 2. The molecule has 3 N–H and O–H groups in total. The first kappa shape index (κ1) is 26.3. The number of hydrogen-bond donors (Lipinski definition) is 2. The van der Waals surface area contributed by atoms with E-state index in [0.29, 0.717) is 11.3 Å². The fourth-order valence-electron chi connectivity index (χ4n) is 4.00. The summed E-state index contributed by atoms with van der Waals surface area (Å²) >= 11 is 0. The van der Waals surface area contributed by atoms with Gasteiger partial charge in [-0.2, -0.15) is 5.26 Å². The summed E-state index contributed by atoms with van der Waals surface area (Å²) in [5.41, 5.74) is 10.8. The van der Waals surface area contributed by atoms with Crippen LogP contribution in [0, 0.1) is 17.2 Å². The standard InChI is InChI=1S/C29H28N6O3/c1-4-18(3)27(31)29(37)38-17-35-16-25(20-9-10-32-23(12-20)14-30)24-13-21(15-33-28(24)35)19-7-6-8-22(11-19)34-26(36)5-2/h5-13,15-16,18,27H,2,4,17,31H2,1,3H3,(H,34,36)/t18-,27-/m0/s1. The summed E-state index contributed by atoms with van der Waals surface area (Å²) in [4.78, 5) is 33.0. The Kier molecular flexibility index (Phi) is 7.94. The third-order valence-electron chi connectivity index (χ3n) is 6.42. The van der Waals surface area contributed by atoms with Gasteiger partial charge in [0.2, 0.25) is 5.91 Å². The summed E-state index contributed by atoms with van der Waals surface area (Å²) in [5, 5.41) is 12.9. The Morgan fingerprint density at radius 1 is 1.21 bits per heavy atom. The van der Waals surface area contributed by atoms with E-state index < -0.39 is 12.0 Å². The second kappa shape index (κ2) is 11.5. The number of nitrogens with one attached hydrogen (secondary N) is 1. The predicted molar refractivity (Wildman–Crippen MR) is 145 cm³/mol. The fourth-order valence-corrected chi connectivity index (χ4v) is 4.00. The zero-order valence-electron chi connectivity index (χ0n) is 21.2. The molecular weight excluding hydrogens is 480 g/mol. The minimum Gasteiger partial charge on any atom is -0.443 e. The first-order valence-electron chi connectivity index (χ1n) is 12.2. The van der Waals surface area contributed by atoms with Crippen LogP contribution in [-0.2, 0) is 21.1 Å². The van der Waals surface area contributed by atoms with Crippen LogP contribution in [-0.4, -0.2) is 32.5 Å². The topological polar surface area (TPSA) is 136 Å². The van der Waals surface area contributed by atoms with Gasteiger partial charge < -0.3 is 15.8 Å². The maximum absolute atomic E-state index is 12.5. The van der Waals surface area contributed by atoms with E-state index in [1.54, 1.807) is 29.1 Å². The van der Waals surface area contributed by atoms with Crippen molar-refractivity contribution in [1.29, 1.82) is 5.26 Å². The number of hydrogen-bond acceptors (Lipinski definition) is 7. The van der Waals surface area contributed by atoms with E-state index >= 15 is 0 Å². The van der Waals surface area contributed by atoms with Gasteiger partial charge in [-0.25, -0.2) is 9.97 Å². The van der Waals surface area contributed by atoms with E-state index in [4.69, 9.17) is 10.5 Å². The molecule has 3 aromatic heterocycles. The molecule has 3 heterocycles. The number of nitrogens with zero attached hydrogens (tertiary/aromatic N) is 4. The van der Waals surface area contributed by atoms with Gasteiger partial charge in [0.05, 0.1) is 0 Å².